The number of thiophene rings is 1. The number of aryl methyl sites for hydroxylation is 1. The van der Waals surface area contributed by atoms with Crippen molar-refractivity contribution in [2.75, 3.05) is 12.8 Å². The molecule has 4 heteroatoms. The maximum absolute atomic E-state index is 12.8. The van der Waals surface area contributed by atoms with Crippen molar-refractivity contribution in [3.8, 4) is 5.75 Å². The highest BCUT2D eigenvalue weighted by Gasteiger charge is 2.19. The molecule has 0 radical (unpaired) electrons. The molecule has 1 aromatic heterocycles. The summed E-state index contributed by atoms with van der Waals surface area (Å²) in [6.07, 6.45) is 8.61. The van der Waals surface area contributed by atoms with Crippen LogP contribution >= 0.6 is 11.3 Å². The van der Waals surface area contributed by atoms with Gasteiger partial charge < -0.3 is 10.5 Å². The summed E-state index contributed by atoms with van der Waals surface area (Å²) >= 11 is 1.54. The predicted octanol–water partition coefficient (Wildman–Crippen LogP) is 5.47. The van der Waals surface area contributed by atoms with Gasteiger partial charge in [0.05, 0.1) is 23.2 Å². The Labute approximate surface area is 148 Å². The second-order valence-electron chi connectivity index (χ2n) is 6.04. The third kappa shape index (κ3) is 4.84. The number of carbonyl (C=O) groups excluding carboxylic acids is 1. The van der Waals surface area contributed by atoms with Crippen LogP contribution in [0.1, 0.15) is 66.2 Å². The van der Waals surface area contributed by atoms with E-state index in [1.807, 2.05) is 18.2 Å². The average molecular weight is 346 g/mol. The molecule has 0 aliphatic carbocycles. The second-order valence-corrected chi connectivity index (χ2v) is 7.21. The average Bonchev–Trinajstić information content (AvgIpc) is 2.98. The zero-order valence-electron chi connectivity index (χ0n) is 14.6. The number of unbranched alkanes of at least 4 members (excludes halogenated alkanes) is 5. The molecule has 1 heterocycles. The molecule has 130 valence electrons. The topological polar surface area (TPSA) is 52.3 Å². The summed E-state index contributed by atoms with van der Waals surface area (Å²) in [7, 11) is 1.58. The van der Waals surface area contributed by atoms with Gasteiger partial charge in [0.15, 0.2) is 5.78 Å². The molecule has 0 spiro atoms. The number of nitrogens with two attached hydrogens (primary N) is 1. The molecule has 0 saturated carbocycles. The molecule has 2 aromatic rings. The summed E-state index contributed by atoms with van der Waals surface area (Å²) in [6.45, 7) is 2.23. The summed E-state index contributed by atoms with van der Waals surface area (Å²) in [6, 6.07) is 9.24. The van der Waals surface area contributed by atoms with Gasteiger partial charge in [0.1, 0.15) is 5.75 Å². The van der Waals surface area contributed by atoms with Crippen LogP contribution in [0.15, 0.2) is 30.3 Å². The lowest BCUT2D eigenvalue weighted by Crippen LogP contribution is -2.04. The van der Waals surface area contributed by atoms with Crippen LogP contribution in [0.2, 0.25) is 0 Å². The molecular formula is C20H27NO2S. The summed E-state index contributed by atoms with van der Waals surface area (Å²) < 4.78 is 5.29. The largest absolute Gasteiger partial charge is 0.496 e. The maximum atomic E-state index is 12.8. The van der Waals surface area contributed by atoms with Gasteiger partial charge in [-0.2, -0.15) is 0 Å². The molecule has 0 saturated heterocycles. The first kappa shape index (κ1) is 18.5. The first-order valence-corrected chi connectivity index (χ1v) is 9.55. The summed E-state index contributed by atoms with van der Waals surface area (Å²) in [4.78, 5) is 14.0. The van der Waals surface area contributed by atoms with E-state index >= 15 is 0 Å². The van der Waals surface area contributed by atoms with Crippen LogP contribution in [-0.2, 0) is 6.42 Å². The van der Waals surface area contributed by atoms with Crippen molar-refractivity contribution >= 4 is 22.1 Å². The van der Waals surface area contributed by atoms with E-state index in [0.717, 1.165) is 12.8 Å². The molecule has 0 aliphatic heterocycles. The van der Waals surface area contributed by atoms with Crippen LogP contribution in [0.4, 0.5) is 5.00 Å². The number of ketones is 1. The number of methoxy groups -OCH3 is 1. The molecular weight excluding hydrogens is 318 g/mol. The van der Waals surface area contributed by atoms with Gasteiger partial charge in [-0.25, -0.2) is 0 Å². The zero-order chi connectivity index (χ0) is 17.4. The van der Waals surface area contributed by atoms with Crippen molar-refractivity contribution in [3.63, 3.8) is 0 Å². The predicted molar refractivity (Wildman–Crippen MR) is 102 cm³/mol. The van der Waals surface area contributed by atoms with Gasteiger partial charge in [0.25, 0.3) is 0 Å². The fourth-order valence-corrected chi connectivity index (χ4v) is 3.78. The zero-order valence-corrected chi connectivity index (χ0v) is 15.5. The summed E-state index contributed by atoms with van der Waals surface area (Å²) in [5, 5.41) is 0.604. The Morgan fingerprint density at radius 3 is 2.54 bits per heavy atom. The van der Waals surface area contributed by atoms with Gasteiger partial charge in [-0.05, 0) is 31.0 Å². The summed E-state index contributed by atoms with van der Waals surface area (Å²) in [5.74, 6) is 0.529. The monoisotopic (exact) mass is 345 g/mol. The van der Waals surface area contributed by atoms with Crippen molar-refractivity contribution in [3.05, 3.63) is 46.3 Å². The minimum Gasteiger partial charge on any atom is -0.496 e. The number of carbonyl (C=O) groups is 1. The number of benzene rings is 1. The van der Waals surface area contributed by atoms with E-state index in [4.69, 9.17) is 10.5 Å². The number of rotatable bonds is 10. The first-order valence-electron chi connectivity index (χ1n) is 8.73. The minimum atomic E-state index is -0.0598. The van der Waals surface area contributed by atoms with Crippen LogP contribution in [0.5, 0.6) is 5.75 Å². The normalized spacial score (nSPS) is 10.8. The Kier molecular flexibility index (Phi) is 7.32. The molecule has 0 bridgehead atoms. The maximum Gasteiger partial charge on any atom is 0.199 e. The highest BCUT2D eigenvalue weighted by molar-refractivity contribution is 7.16. The molecule has 0 fully saturated rings. The van der Waals surface area contributed by atoms with Crippen molar-refractivity contribution in [2.45, 2.75) is 51.9 Å². The first-order chi connectivity index (χ1) is 11.7. The van der Waals surface area contributed by atoms with Gasteiger partial charge in [-0.15, -0.1) is 11.3 Å². The number of anilines is 1. The van der Waals surface area contributed by atoms with Crippen LogP contribution in [-0.4, -0.2) is 12.9 Å². The molecule has 2 rings (SSSR count). The van der Waals surface area contributed by atoms with Crippen LogP contribution in [0.3, 0.4) is 0 Å². The van der Waals surface area contributed by atoms with E-state index in [0.29, 0.717) is 21.9 Å². The van der Waals surface area contributed by atoms with Gasteiger partial charge in [0, 0.05) is 4.88 Å². The smallest absolute Gasteiger partial charge is 0.199 e. The highest BCUT2D eigenvalue weighted by atomic mass is 32.1. The number of hydrogen-bond acceptors (Lipinski definition) is 4. The van der Waals surface area contributed by atoms with E-state index in [9.17, 15) is 4.79 Å². The number of nitrogen functional groups attached to an aromatic ring is 1. The molecule has 0 atom stereocenters. The SMILES string of the molecule is CCCCCCCCc1cc(C(=O)c2ccccc2OC)c(N)s1. The summed E-state index contributed by atoms with van der Waals surface area (Å²) in [5.41, 5.74) is 7.27. The van der Waals surface area contributed by atoms with Gasteiger partial charge in [-0.3, -0.25) is 4.79 Å². The van der Waals surface area contributed by atoms with Gasteiger partial charge in [0.2, 0.25) is 0 Å². The number of hydrogen-bond donors (Lipinski definition) is 1. The molecule has 24 heavy (non-hydrogen) atoms. The molecule has 1 aromatic carbocycles. The quantitative estimate of drug-likeness (QED) is 0.458. The third-order valence-corrected chi connectivity index (χ3v) is 5.21. The molecule has 0 unspecified atom stereocenters. The highest BCUT2D eigenvalue weighted by Crippen LogP contribution is 2.30. The fourth-order valence-electron chi connectivity index (χ4n) is 2.82. The van der Waals surface area contributed by atoms with Gasteiger partial charge in [-0.1, -0.05) is 51.2 Å². The standard InChI is InChI=1S/C20H27NO2S/c1-3-4-5-6-7-8-11-15-14-17(20(21)24-15)19(22)16-12-9-10-13-18(16)23-2/h9-10,12-14H,3-8,11,21H2,1-2H3. The van der Waals surface area contributed by atoms with E-state index in [2.05, 4.69) is 6.92 Å². The third-order valence-electron chi connectivity index (χ3n) is 4.18. The number of ether oxygens (including phenoxy) is 1. The van der Waals surface area contributed by atoms with Crippen molar-refractivity contribution < 1.29 is 9.53 Å². The van der Waals surface area contributed by atoms with E-state index in [1.54, 1.807) is 19.2 Å². The van der Waals surface area contributed by atoms with Crippen LogP contribution in [0, 0.1) is 0 Å². The minimum absolute atomic E-state index is 0.0598. The van der Waals surface area contributed by atoms with Crippen LogP contribution < -0.4 is 10.5 Å². The molecule has 3 nitrogen and oxygen atoms in total. The number of para-hydroxylation sites is 1. The Balaban J connectivity index is 1.99. The molecule has 0 amide bonds. The van der Waals surface area contributed by atoms with Crippen LogP contribution in [0.25, 0.3) is 0 Å². The lowest BCUT2D eigenvalue weighted by Gasteiger charge is -2.06. The van der Waals surface area contributed by atoms with Gasteiger partial charge >= 0.3 is 0 Å². The Hall–Kier alpha value is -1.81. The van der Waals surface area contributed by atoms with E-state index in [1.165, 1.54) is 48.3 Å². The van der Waals surface area contributed by atoms with E-state index < -0.39 is 0 Å². The lowest BCUT2D eigenvalue weighted by molar-refractivity contribution is 0.103. The Bertz CT molecular complexity index is 663. The second kappa shape index (κ2) is 9.48. The Morgan fingerprint density at radius 1 is 1.08 bits per heavy atom. The molecule has 2 N–H and O–H groups in total. The lowest BCUT2D eigenvalue weighted by atomic mass is 10.0. The van der Waals surface area contributed by atoms with Crippen molar-refractivity contribution in [1.29, 1.82) is 0 Å². The Morgan fingerprint density at radius 2 is 1.79 bits per heavy atom. The van der Waals surface area contributed by atoms with Crippen molar-refractivity contribution in [2.24, 2.45) is 0 Å². The fraction of sp³-hybridized carbons (Fsp3) is 0.450. The van der Waals surface area contributed by atoms with Crippen molar-refractivity contribution in [1.82, 2.24) is 0 Å². The molecule has 0 aliphatic rings. The van der Waals surface area contributed by atoms with E-state index in [-0.39, 0.29) is 5.78 Å².